The van der Waals surface area contributed by atoms with Gasteiger partial charge in [0.25, 0.3) is 5.91 Å². The molecule has 1 rings (SSSR count). The highest BCUT2D eigenvalue weighted by Gasteiger charge is 2.03. The van der Waals surface area contributed by atoms with E-state index in [1.807, 2.05) is 0 Å². The van der Waals surface area contributed by atoms with Gasteiger partial charge in [0, 0.05) is 6.42 Å². The first kappa shape index (κ1) is 9.38. The fourth-order valence-electron chi connectivity index (χ4n) is 1.02. The molecule has 2 N–H and O–H groups in total. The molecule has 13 heavy (non-hydrogen) atoms. The van der Waals surface area contributed by atoms with Crippen LogP contribution in [0.15, 0.2) is 29.4 Å². The first-order chi connectivity index (χ1) is 6.24. The lowest BCUT2D eigenvalue weighted by molar-refractivity contribution is -0.118. The maximum Gasteiger partial charge on any atom is 0.264 e. The first-order valence-electron chi connectivity index (χ1n) is 3.91. The molecule has 4 nitrogen and oxygen atoms in total. The summed E-state index contributed by atoms with van der Waals surface area (Å²) in [5.41, 5.74) is 7.15. The smallest absolute Gasteiger partial charge is 0.264 e. The SMILES string of the molecule is N=NC(=O)CCc1ccccc1O. The van der Waals surface area contributed by atoms with Crippen LogP contribution in [0.5, 0.6) is 5.75 Å². The fourth-order valence-corrected chi connectivity index (χ4v) is 1.02. The van der Waals surface area contributed by atoms with Gasteiger partial charge in [-0.15, -0.1) is 5.11 Å². The van der Waals surface area contributed by atoms with E-state index >= 15 is 0 Å². The van der Waals surface area contributed by atoms with Gasteiger partial charge < -0.3 is 5.11 Å². The van der Waals surface area contributed by atoms with Crippen molar-refractivity contribution < 1.29 is 9.90 Å². The molecular weight excluding hydrogens is 168 g/mol. The number of nitrogens with zero attached hydrogens (tertiary/aromatic N) is 1. The average Bonchev–Trinajstić information content (AvgIpc) is 2.16. The van der Waals surface area contributed by atoms with Gasteiger partial charge >= 0.3 is 0 Å². The Morgan fingerprint density at radius 1 is 1.46 bits per heavy atom. The summed E-state index contributed by atoms with van der Waals surface area (Å²) in [5, 5.41) is 12.1. The van der Waals surface area contributed by atoms with Crippen LogP contribution in [0.1, 0.15) is 12.0 Å². The van der Waals surface area contributed by atoms with Crippen LogP contribution < -0.4 is 0 Å². The number of carbonyl (C=O) groups is 1. The third kappa shape index (κ3) is 2.66. The largest absolute Gasteiger partial charge is 0.508 e. The third-order valence-electron chi connectivity index (χ3n) is 1.72. The summed E-state index contributed by atoms with van der Waals surface area (Å²) in [7, 11) is 0. The normalized spacial score (nSPS) is 9.54. The van der Waals surface area contributed by atoms with E-state index in [1.54, 1.807) is 24.3 Å². The molecule has 0 heterocycles. The summed E-state index contributed by atoms with van der Waals surface area (Å²) in [5.74, 6) is -0.288. The van der Waals surface area contributed by atoms with Crippen molar-refractivity contribution in [2.75, 3.05) is 0 Å². The number of hydrogen-bond donors (Lipinski definition) is 2. The second kappa shape index (κ2) is 4.35. The molecule has 68 valence electrons. The number of rotatable bonds is 3. The lowest BCUT2D eigenvalue weighted by Crippen LogP contribution is -1.95. The molecule has 1 aromatic rings. The monoisotopic (exact) mass is 178 g/mol. The highest BCUT2D eigenvalue weighted by molar-refractivity contribution is 5.76. The number of phenolic OH excluding ortho intramolecular Hbond substituents is 1. The lowest BCUT2D eigenvalue weighted by atomic mass is 10.1. The molecule has 0 unspecified atom stereocenters. The maximum absolute atomic E-state index is 10.7. The molecule has 0 spiro atoms. The Kier molecular flexibility index (Phi) is 3.14. The summed E-state index contributed by atoms with van der Waals surface area (Å²) in [4.78, 5) is 10.7. The van der Waals surface area contributed by atoms with Gasteiger partial charge in [-0.1, -0.05) is 18.2 Å². The van der Waals surface area contributed by atoms with E-state index in [2.05, 4.69) is 5.11 Å². The van der Waals surface area contributed by atoms with E-state index < -0.39 is 5.91 Å². The number of aromatic hydroxyl groups is 1. The molecule has 0 aliphatic heterocycles. The minimum atomic E-state index is -0.469. The van der Waals surface area contributed by atoms with Crippen molar-refractivity contribution >= 4 is 5.91 Å². The minimum absolute atomic E-state index is 0.168. The second-order valence-corrected chi connectivity index (χ2v) is 2.63. The number of phenols is 1. The number of carbonyl (C=O) groups excluding carboxylic acids is 1. The van der Waals surface area contributed by atoms with Crippen LogP contribution in [0, 0.1) is 5.53 Å². The van der Waals surface area contributed by atoms with Gasteiger partial charge in [-0.2, -0.15) is 0 Å². The van der Waals surface area contributed by atoms with E-state index in [0.29, 0.717) is 12.0 Å². The van der Waals surface area contributed by atoms with Crippen molar-refractivity contribution in [2.24, 2.45) is 5.11 Å². The number of para-hydroxylation sites is 1. The van der Waals surface area contributed by atoms with E-state index in [4.69, 9.17) is 5.53 Å². The standard InChI is InChI=1S/C9H10N2O2/c10-11-9(13)6-5-7-3-1-2-4-8(7)12/h1-4,10,12H,5-6H2. The predicted octanol–water partition coefficient (Wildman–Crippen LogP) is 1.88. The number of amides is 1. The van der Waals surface area contributed by atoms with Crippen molar-refractivity contribution in [3.05, 3.63) is 29.8 Å². The molecule has 0 aromatic heterocycles. The molecule has 0 radical (unpaired) electrons. The van der Waals surface area contributed by atoms with Crippen LogP contribution in [-0.2, 0) is 11.2 Å². The number of aryl methyl sites for hydroxylation is 1. The molecule has 0 saturated heterocycles. The zero-order chi connectivity index (χ0) is 9.68. The summed E-state index contributed by atoms with van der Waals surface area (Å²) >= 11 is 0. The van der Waals surface area contributed by atoms with Crippen LogP contribution in [0.4, 0.5) is 0 Å². The van der Waals surface area contributed by atoms with E-state index in [-0.39, 0.29) is 12.2 Å². The molecule has 4 heteroatoms. The van der Waals surface area contributed by atoms with Gasteiger partial charge in [0.05, 0.1) is 0 Å². The maximum atomic E-state index is 10.7. The Labute approximate surface area is 75.7 Å². The Bertz CT molecular complexity index is 323. The highest BCUT2D eigenvalue weighted by Crippen LogP contribution is 2.17. The first-order valence-corrected chi connectivity index (χ1v) is 3.91. The van der Waals surface area contributed by atoms with E-state index in [1.165, 1.54) is 0 Å². The average molecular weight is 178 g/mol. The van der Waals surface area contributed by atoms with E-state index in [0.717, 1.165) is 0 Å². The molecule has 1 aromatic carbocycles. The summed E-state index contributed by atoms with van der Waals surface area (Å²) in [6.45, 7) is 0. The van der Waals surface area contributed by atoms with Gasteiger partial charge in [0.1, 0.15) is 5.75 Å². The molecule has 0 atom stereocenters. The van der Waals surface area contributed by atoms with Gasteiger partial charge in [-0.05, 0) is 18.1 Å². The quantitative estimate of drug-likeness (QED) is 0.693. The van der Waals surface area contributed by atoms with Gasteiger partial charge in [0.15, 0.2) is 0 Å². The third-order valence-corrected chi connectivity index (χ3v) is 1.72. The zero-order valence-corrected chi connectivity index (χ0v) is 7.03. The van der Waals surface area contributed by atoms with Gasteiger partial charge in [-0.25, -0.2) is 5.53 Å². The zero-order valence-electron chi connectivity index (χ0n) is 7.03. The fraction of sp³-hybridized carbons (Fsp3) is 0.222. The Morgan fingerprint density at radius 2 is 2.15 bits per heavy atom. The molecule has 0 fully saturated rings. The van der Waals surface area contributed by atoms with E-state index in [9.17, 15) is 9.90 Å². The molecule has 1 amide bonds. The second-order valence-electron chi connectivity index (χ2n) is 2.63. The highest BCUT2D eigenvalue weighted by atomic mass is 16.3. The Morgan fingerprint density at radius 3 is 2.77 bits per heavy atom. The lowest BCUT2D eigenvalue weighted by Gasteiger charge is -2.00. The van der Waals surface area contributed by atoms with Crippen molar-refractivity contribution in [3.63, 3.8) is 0 Å². The van der Waals surface area contributed by atoms with Crippen LogP contribution in [-0.4, -0.2) is 11.0 Å². The van der Waals surface area contributed by atoms with Crippen LogP contribution in [0.2, 0.25) is 0 Å². The molecule has 0 saturated carbocycles. The van der Waals surface area contributed by atoms with Crippen molar-refractivity contribution in [1.82, 2.24) is 0 Å². The van der Waals surface area contributed by atoms with Crippen LogP contribution >= 0.6 is 0 Å². The summed E-state index contributed by atoms with van der Waals surface area (Å²) in [6, 6.07) is 6.82. The topological polar surface area (TPSA) is 73.5 Å². The molecule has 0 aliphatic rings. The molecular formula is C9H10N2O2. The Hall–Kier alpha value is -1.71. The predicted molar refractivity (Wildman–Crippen MR) is 46.6 cm³/mol. The van der Waals surface area contributed by atoms with Crippen molar-refractivity contribution in [1.29, 1.82) is 5.53 Å². The molecule has 0 bridgehead atoms. The number of hydrogen-bond acceptors (Lipinski definition) is 3. The summed E-state index contributed by atoms with van der Waals surface area (Å²) in [6.07, 6.45) is 0.592. The number of nitrogens with one attached hydrogen (secondary N) is 1. The van der Waals surface area contributed by atoms with Crippen molar-refractivity contribution in [2.45, 2.75) is 12.8 Å². The van der Waals surface area contributed by atoms with Crippen LogP contribution in [0.25, 0.3) is 0 Å². The van der Waals surface area contributed by atoms with Gasteiger partial charge in [-0.3, -0.25) is 4.79 Å². The number of benzene rings is 1. The van der Waals surface area contributed by atoms with Gasteiger partial charge in [0.2, 0.25) is 0 Å². The van der Waals surface area contributed by atoms with Crippen LogP contribution in [0.3, 0.4) is 0 Å². The Balaban J connectivity index is 2.59. The summed E-state index contributed by atoms with van der Waals surface area (Å²) < 4.78 is 0. The minimum Gasteiger partial charge on any atom is -0.508 e. The molecule has 0 aliphatic carbocycles. The van der Waals surface area contributed by atoms with Crippen molar-refractivity contribution in [3.8, 4) is 5.75 Å².